The van der Waals surface area contributed by atoms with Crippen LogP contribution in [0.2, 0.25) is 0 Å². The minimum Gasteiger partial charge on any atom is -0.444 e. The molecule has 0 bridgehead atoms. The Morgan fingerprint density at radius 2 is 1.98 bits per heavy atom. The Bertz CT molecular complexity index is 1510. The lowest BCUT2D eigenvalue weighted by atomic mass is 9.73. The topological polar surface area (TPSA) is 132 Å². The molecule has 7 heterocycles. The Morgan fingerprint density at radius 3 is 2.75 bits per heavy atom. The maximum atomic E-state index is 12.7. The van der Waals surface area contributed by atoms with E-state index in [1.807, 2.05) is 50.7 Å². The molecule has 4 aliphatic rings. The summed E-state index contributed by atoms with van der Waals surface area (Å²) in [6.45, 7) is 12.0. The standard InChI is InChI=1S/C31H43N9O4/c1-20-25(36-29(41)44-30(2,3)4)31(19-43-20)10-14-38(15-11-31)22-18-34-24-27(35-22)40(23-9-5-6-17-42-23)37-28(24)39-16-13-32-21-8-7-12-33-26(21)39/h7-8,12,18,20,23,25,32H,5-6,9-11,13-17,19H2,1-4H3,(H,36,41)/t20-,23?,25+/m0/s1. The molecular weight excluding hydrogens is 562 g/mol. The molecule has 3 saturated heterocycles. The fraction of sp³-hybridized carbons (Fsp3) is 0.645. The Hall–Kier alpha value is -3.71. The summed E-state index contributed by atoms with van der Waals surface area (Å²) < 4.78 is 19.8. The minimum absolute atomic E-state index is 0.0851. The highest BCUT2D eigenvalue weighted by atomic mass is 16.6. The fourth-order valence-electron chi connectivity index (χ4n) is 7.02. The summed E-state index contributed by atoms with van der Waals surface area (Å²) in [5.41, 5.74) is 1.74. The van der Waals surface area contributed by atoms with Gasteiger partial charge >= 0.3 is 6.09 Å². The normalized spacial score (nSPS) is 25.1. The van der Waals surface area contributed by atoms with Crippen LogP contribution in [0.15, 0.2) is 24.5 Å². The van der Waals surface area contributed by atoms with Crippen LogP contribution in [0.25, 0.3) is 11.2 Å². The van der Waals surface area contributed by atoms with E-state index in [1.165, 1.54) is 0 Å². The molecule has 3 aromatic rings. The SMILES string of the molecule is C[C@@H]1OCC2(CCN(c3cnc4c(N5CCNc6cccnc65)nn(C5CCCCO5)c4n3)CC2)[C@@H]1NC(=O)OC(C)(C)C. The average Bonchev–Trinajstić information content (AvgIpc) is 3.54. The lowest BCUT2D eigenvalue weighted by Crippen LogP contribution is -2.55. The summed E-state index contributed by atoms with van der Waals surface area (Å²) in [6.07, 6.45) is 7.74. The molecule has 3 fully saturated rings. The van der Waals surface area contributed by atoms with Gasteiger partial charge < -0.3 is 34.6 Å². The number of hydrogen-bond donors (Lipinski definition) is 2. The number of pyridine rings is 1. The first kappa shape index (κ1) is 29.0. The van der Waals surface area contributed by atoms with Crippen molar-refractivity contribution in [2.45, 2.75) is 83.8 Å². The van der Waals surface area contributed by atoms with Crippen molar-refractivity contribution in [3.8, 4) is 0 Å². The predicted molar refractivity (Wildman–Crippen MR) is 166 cm³/mol. The van der Waals surface area contributed by atoms with Crippen LogP contribution < -0.4 is 20.4 Å². The van der Waals surface area contributed by atoms with Gasteiger partial charge in [0.15, 0.2) is 29.0 Å². The number of alkyl carbamates (subject to hydrolysis) is 1. The van der Waals surface area contributed by atoms with Crippen molar-refractivity contribution in [2.75, 3.05) is 54.5 Å². The number of amides is 1. The third kappa shape index (κ3) is 5.40. The smallest absolute Gasteiger partial charge is 0.407 e. The Labute approximate surface area is 257 Å². The van der Waals surface area contributed by atoms with Crippen molar-refractivity contribution >= 4 is 40.4 Å². The first-order chi connectivity index (χ1) is 21.2. The van der Waals surface area contributed by atoms with Crippen molar-refractivity contribution in [1.82, 2.24) is 30.0 Å². The fourth-order valence-corrected chi connectivity index (χ4v) is 7.02. The van der Waals surface area contributed by atoms with Gasteiger partial charge in [-0.3, -0.25) is 0 Å². The van der Waals surface area contributed by atoms with Gasteiger partial charge in [0.25, 0.3) is 0 Å². The number of nitrogens with zero attached hydrogens (tertiary/aromatic N) is 7. The number of hydrogen-bond acceptors (Lipinski definition) is 11. The molecule has 1 spiro atoms. The molecule has 1 unspecified atom stereocenters. The molecule has 13 heteroatoms. The van der Waals surface area contributed by atoms with Crippen LogP contribution in [-0.2, 0) is 14.2 Å². The summed E-state index contributed by atoms with van der Waals surface area (Å²) in [5, 5.41) is 11.7. The number of nitrogens with one attached hydrogen (secondary N) is 2. The molecule has 13 nitrogen and oxygen atoms in total. The molecule has 0 aromatic carbocycles. The Morgan fingerprint density at radius 1 is 1.14 bits per heavy atom. The number of ether oxygens (including phenoxy) is 3. The second-order valence-corrected chi connectivity index (χ2v) is 13.4. The van der Waals surface area contributed by atoms with E-state index < -0.39 is 11.7 Å². The maximum absolute atomic E-state index is 12.7. The third-order valence-electron chi connectivity index (χ3n) is 9.27. The van der Waals surface area contributed by atoms with Gasteiger partial charge in [0.05, 0.1) is 30.6 Å². The summed E-state index contributed by atoms with van der Waals surface area (Å²) in [6, 6.07) is 3.86. The predicted octanol–water partition coefficient (Wildman–Crippen LogP) is 4.38. The van der Waals surface area contributed by atoms with Gasteiger partial charge in [-0.05, 0) is 71.9 Å². The van der Waals surface area contributed by atoms with E-state index in [9.17, 15) is 4.79 Å². The molecule has 0 aliphatic carbocycles. The van der Waals surface area contributed by atoms with Gasteiger partial charge in [0.1, 0.15) is 11.4 Å². The van der Waals surface area contributed by atoms with E-state index in [0.717, 1.165) is 92.6 Å². The van der Waals surface area contributed by atoms with Gasteiger partial charge in [-0.25, -0.2) is 24.4 Å². The van der Waals surface area contributed by atoms with Crippen LogP contribution in [0, 0.1) is 5.41 Å². The first-order valence-corrected chi connectivity index (χ1v) is 15.9. The van der Waals surface area contributed by atoms with Gasteiger partial charge in [0, 0.05) is 44.4 Å². The van der Waals surface area contributed by atoms with Crippen molar-refractivity contribution < 1.29 is 19.0 Å². The molecule has 0 radical (unpaired) electrons. The largest absolute Gasteiger partial charge is 0.444 e. The quantitative estimate of drug-likeness (QED) is 0.439. The van der Waals surface area contributed by atoms with Crippen molar-refractivity contribution in [2.24, 2.45) is 5.41 Å². The van der Waals surface area contributed by atoms with E-state index in [1.54, 1.807) is 6.20 Å². The Kier molecular flexibility index (Phi) is 7.48. The summed E-state index contributed by atoms with van der Waals surface area (Å²) in [4.78, 5) is 31.9. The van der Waals surface area contributed by atoms with Gasteiger partial charge in [0.2, 0.25) is 0 Å². The number of rotatable bonds is 4. The van der Waals surface area contributed by atoms with Crippen LogP contribution in [0.4, 0.5) is 27.9 Å². The van der Waals surface area contributed by atoms with Crippen LogP contribution in [-0.4, -0.2) is 88.0 Å². The summed E-state index contributed by atoms with van der Waals surface area (Å²) >= 11 is 0. The third-order valence-corrected chi connectivity index (χ3v) is 9.27. The maximum Gasteiger partial charge on any atom is 0.407 e. The molecule has 4 aliphatic heterocycles. The van der Waals surface area contributed by atoms with Crippen LogP contribution in [0.5, 0.6) is 0 Å². The number of aromatic nitrogens is 5. The van der Waals surface area contributed by atoms with E-state index in [4.69, 9.17) is 29.3 Å². The second-order valence-electron chi connectivity index (χ2n) is 13.4. The van der Waals surface area contributed by atoms with Crippen molar-refractivity contribution in [3.63, 3.8) is 0 Å². The number of piperidine rings is 1. The molecule has 3 atom stereocenters. The van der Waals surface area contributed by atoms with E-state index in [0.29, 0.717) is 13.2 Å². The lowest BCUT2D eigenvalue weighted by molar-refractivity contribution is -0.0368. The van der Waals surface area contributed by atoms with Crippen LogP contribution in [0.1, 0.15) is 66.0 Å². The van der Waals surface area contributed by atoms with Crippen molar-refractivity contribution in [1.29, 1.82) is 0 Å². The van der Waals surface area contributed by atoms with E-state index in [2.05, 4.69) is 25.4 Å². The molecule has 3 aromatic heterocycles. The number of carbonyl (C=O) groups excluding carboxylic acids is 1. The molecular formula is C31H43N9O4. The summed E-state index contributed by atoms with van der Waals surface area (Å²) in [7, 11) is 0. The molecule has 7 rings (SSSR count). The number of fused-ring (bicyclic) bond motifs is 2. The van der Waals surface area contributed by atoms with Crippen LogP contribution >= 0.6 is 0 Å². The number of carbonyl (C=O) groups is 1. The zero-order valence-corrected chi connectivity index (χ0v) is 26.1. The highest BCUT2D eigenvalue weighted by Crippen LogP contribution is 2.43. The first-order valence-electron chi connectivity index (χ1n) is 15.9. The minimum atomic E-state index is -0.555. The van der Waals surface area contributed by atoms with E-state index in [-0.39, 0.29) is 23.8 Å². The second kappa shape index (κ2) is 11.3. The zero-order valence-electron chi connectivity index (χ0n) is 26.1. The van der Waals surface area contributed by atoms with Crippen molar-refractivity contribution in [3.05, 3.63) is 24.5 Å². The molecule has 2 N–H and O–H groups in total. The summed E-state index contributed by atoms with van der Waals surface area (Å²) in [5.74, 6) is 2.41. The van der Waals surface area contributed by atoms with Gasteiger partial charge in [-0.2, -0.15) is 0 Å². The highest BCUT2D eigenvalue weighted by molar-refractivity contribution is 5.89. The zero-order chi connectivity index (χ0) is 30.5. The number of anilines is 4. The average molecular weight is 606 g/mol. The molecule has 1 amide bonds. The highest BCUT2D eigenvalue weighted by Gasteiger charge is 2.50. The van der Waals surface area contributed by atoms with Gasteiger partial charge in [-0.15, -0.1) is 5.10 Å². The molecule has 236 valence electrons. The monoisotopic (exact) mass is 605 g/mol. The molecule has 44 heavy (non-hydrogen) atoms. The molecule has 0 saturated carbocycles. The van der Waals surface area contributed by atoms with Gasteiger partial charge in [-0.1, -0.05) is 0 Å². The lowest BCUT2D eigenvalue weighted by Gasteiger charge is -2.42. The van der Waals surface area contributed by atoms with Crippen LogP contribution in [0.3, 0.4) is 0 Å². The van der Waals surface area contributed by atoms with E-state index >= 15 is 0 Å². The Balaban J connectivity index is 1.16.